The molecule has 6 heteroatoms. The standard InChI is InChI=1S/C35H38N2O3S/c1-7-39-34(38)30(19-24-13-14-25-10-8-9-11-26(25)18-24)32-33(41-35(3,4)5)29-20-28(16-17-31(29)37(32)6)40-22-27-15-12-23(2)21-36-27/h8-18,20-21,30H,7,19,22H2,1-6H3. The molecule has 3 aromatic carbocycles. The van der Waals surface area contributed by atoms with Crippen molar-refractivity contribution >= 4 is 39.4 Å². The summed E-state index contributed by atoms with van der Waals surface area (Å²) in [4.78, 5) is 19.2. The number of fused-ring (bicyclic) bond motifs is 2. The van der Waals surface area contributed by atoms with E-state index in [1.807, 2.05) is 57.4 Å². The highest BCUT2D eigenvalue weighted by Crippen LogP contribution is 2.45. The lowest BCUT2D eigenvalue weighted by molar-refractivity contribution is -0.145. The summed E-state index contributed by atoms with van der Waals surface area (Å²) in [5, 5.41) is 3.43. The Morgan fingerprint density at radius 1 is 1.00 bits per heavy atom. The average molecular weight is 567 g/mol. The van der Waals surface area contributed by atoms with Crippen LogP contribution in [0.4, 0.5) is 0 Å². The van der Waals surface area contributed by atoms with Gasteiger partial charge in [0.2, 0.25) is 0 Å². The van der Waals surface area contributed by atoms with Crippen molar-refractivity contribution in [2.45, 2.75) is 63.2 Å². The van der Waals surface area contributed by atoms with Crippen molar-refractivity contribution in [2.75, 3.05) is 6.61 Å². The van der Waals surface area contributed by atoms with Crippen LogP contribution in [-0.4, -0.2) is 26.9 Å². The van der Waals surface area contributed by atoms with Gasteiger partial charge in [0.25, 0.3) is 0 Å². The first kappa shape index (κ1) is 28.7. The summed E-state index contributed by atoms with van der Waals surface area (Å²) in [5.41, 5.74) is 5.14. The van der Waals surface area contributed by atoms with Crippen LogP contribution < -0.4 is 4.74 Å². The number of nitrogens with zero attached hydrogens (tertiary/aromatic N) is 2. The largest absolute Gasteiger partial charge is 0.487 e. The van der Waals surface area contributed by atoms with Crippen LogP contribution in [0.5, 0.6) is 5.75 Å². The molecule has 0 bridgehead atoms. The van der Waals surface area contributed by atoms with E-state index < -0.39 is 5.92 Å². The summed E-state index contributed by atoms with van der Waals surface area (Å²) in [5.74, 6) is 0.110. The second-order valence-electron chi connectivity index (χ2n) is 11.5. The summed E-state index contributed by atoms with van der Waals surface area (Å²) in [7, 11) is 2.05. The lowest BCUT2D eigenvalue weighted by Crippen LogP contribution is -2.22. The maximum absolute atomic E-state index is 13.6. The predicted molar refractivity (Wildman–Crippen MR) is 169 cm³/mol. The third kappa shape index (κ3) is 6.59. The van der Waals surface area contributed by atoms with Crippen LogP contribution in [-0.2, 0) is 29.6 Å². The number of carbonyl (C=O) groups is 1. The van der Waals surface area contributed by atoms with Gasteiger partial charge in [0, 0.05) is 39.5 Å². The zero-order valence-corrected chi connectivity index (χ0v) is 25.5. The van der Waals surface area contributed by atoms with Crippen LogP contribution in [0.2, 0.25) is 0 Å². The van der Waals surface area contributed by atoms with Gasteiger partial charge >= 0.3 is 5.97 Å². The number of carbonyl (C=O) groups excluding carboxylic acids is 1. The number of aromatic nitrogens is 2. The van der Waals surface area contributed by atoms with E-state index in [-0.39, 0.29) is 10.7 Å². The van der Waals surface area contributed by atoms with Gasteiger partial charge in [-0.25, -0.2) is 0 Å². The van der Waals surface area contributed by atoms with Crippen molar-refractivity contribution in [1.82, 2.24) is 9.55 Å². The first-order valence-corrected chi connectivity index (χ1v) is 14.9. The van der Waals surface area contributed by atoms with Crippen LogP contribution in [0.3, 0.4) is 0 Å². The Morgan fingerprint density at radius 2 is 1.78 bits per heavy atom. The number of pyridine rings is 1. The van der Waals surface area contributed by atoms with Crippen LogP contribution >= 0.6 is 11.8 Å². The van der Waals surface area contributed by atoms with E-state index in [1.54, 1.807) is 11.8 Å². The molecule has 0 saturated carbocycles. The van der Waals surface area contributed by atoms with Gasteiger partial charge in [-0.05, 0) is 66.4 Å². The molecule has 0 amide bonds. The molecule has 5 rings (SSSR count). The zero-order chi connectivity index (χ0) is 29.1. The molecule has 1 atom stereocenters. The van der Waals surface area contributed by atoms with Crippen molar-refractivity contribution in [3.8, 4) is 5.75 Å². The van der Waals surface area contributed by atoms with Gasteiger partial charge < -0.3 is 14.0 Å². The first-order chi connectivity index (χ1) is 19.6. The van der Waals surface area contributed by atoms with Gasteiger partial charge in [0.15, 0.2) is 0 Å². The number of rotatable bonds is 9. The normalized spacial score (nSPS) is 12.5. The molecule has 0 radical (unpaired) electrons. The summed E-state index contributed by atoms with van der Waals surface area (Å²) in [6, 6.07) is 25.0. The van der Waals surface area contributed by atoms with Crippen molar-refractivity contribution in [2.24, 2.45) is 7.05 Å². The summed E-state index contributed by atoms with van der Waals surface area (Å²) < 4.78 is 14.0. The Morgan fingerprint density at radius 3 is 2.49 bits per heavy atom. The molecule has 0 aliphatic heterocycles. The van der Waals surface area contributed by atoms with Crippen LogP contribution in [0.1, 0.15) is 56.1 Å². The highest BCUT2D eigenvalue weighted by molar-refractivity contribution is 8.00. The van der Waals surface area contributed by atoms with E-state index in [9.17, 15) is 4.79 Å². The molecule has 5 nitrogen and oxygen atoms in total. The Kier molecular flexibility index (Phi) is 8.41. The van der Waals surface area contributed by atoms with Crippen LogP contribution in [0, 0.1) is 6.92 Å². The third-order valence-corrected chi connectivity index (χ3v) is 8.34. The second kappa shape index (κ2) is 12.0. The Labute approximate surface area is 246 Å². The Balaban J connectivity index is 1.58. The quantitative estimate of drug-likeness (QED) is 0.132. The number of esters is 1. The molecule has 2 aromatic heterocycles. The molecule has 0 fully saturated rings. The minimum atomic E-state index is -0.459. The van der Waals surface area contributed by atoms with E-state index in [4.69, 9.17) is 9.47 Å². The molecule has 0 N–H and O–H groups in total. The summed E-state index contributed by atoms with van der Waals surface area (Å²) in [6.45, 7) is 11.2. The fourth-order valence-corrected chi connectivity index (χ4v) is 6.45. The number of thioether (sulfide) groups is 1. The molecule has 41 heavy (non-hydrogen) atoms. The molecule has 0 saturated heterocycles. The average Bonchev–Trinajstić information content (AvgIpc) is 3.20. The first-order valence-electron chi connectivity index (χ1n) is 14.1. The maximum Gasteiger partial charge on any atom is 0.315 e. The van der Waals surface area contributed by atoms with Gasteiger partial charge in [-0.1, -0.05) is 69.3 Å². The van der Waals surface area contributed by atoms with Gasteiger partial charge in [-0.3, -0.25) is 9.78 Å². The SMILES string of the molecule is CCOC(=O)C(Cc1ccc2ccccc2c1)c1c(SC(C)(C)C)c2cc(OCc3ccc(C)cn3)ccc2n1C. The summed E-state index contributed by atoms with van der Waals surface area (Å²) in [6.07, 6.45) is 2.41. The van der Waals surface area contributed by atoms with Gasteiger partial charge in [-0.15, -0.1) is 11.8 Å². The topological polar surface area (TPSA) is 53.4 Å². The molecule has 0 aliphatic rings. The lowest BCUT2D eigenvalue weighted by Gasteiger charge is -2.23. The Hall–Kier alpha value is -3.77. The second-order valence-corrected chi connectivity index (χ2v) is 13.3. The number of ether oxygens (including phenoxy) is 2. The van der Waals surface area contributed by atoms with E-state index in [0.717, 1.165) is 44.1 Å². The van der Waals surface area contributed by atoms with E-state index in [0.29, 0.717) is 19.6 Å². The fraction of sp³-hybridized carbons (Fsp3) is 0.314. The van der Waals surface area contributed by atoms with Crippen molar-refractivity contribution in [1.29, 1.82) is 0 Å². The Bertz CT molecular complexity index is 1680. The predicted octanol–water partition coefficient (Wildman–Crippen LogP) is 8.39. The number of hydrogen-bond donors (Lipinski definition) is 0. The molecule has 0 aliphatic carbocycles. The highest BCUT2D eigenvalue weighted by Gasteiger charge is 2.32. The zero-order valence-electron chi connectivity index (χ0n) is 24.7. The highest BCUT2D eigenvalue weighted by atomic mass is 32.2. The van der Waals surface area contributed by atoms with E-state index in [2.05, 4.69) is 72.8 Å². The molecule has 1 unspecified atom stereocenters. The minimum absolute atomic E-state index is 0.0755. The number of aryl methyl sites for hydroxylation is 2. The van der Waals surface area contributed by atoms with Gasteiger partial charge in [-0.2, -0.15) is 0 Å². The van der Waals surface area contributed by atoms with Crippen molar-refractivity contribution in [3.05, 3.63) is 102 Å². The summed E-state index contributed by atoms with van der Waals surface area (Å²) >= 11 is 1.78. The van der Waals surface area contributed by atoms with Gasteiger partial charge in [0.05, 0.1) is 12.3 Å². The lowest BCUT2D eigenvalue weighted by atomic mass is 9.94. The molecule has 2 heterocycles. The smallest absolute Gasteiger partial charge is 0.315 e. The number of benzene rings is 3. The minimum Gasteiger partial charge on any atom is -0.487 e. The molecule has 0 spiro atoms. The monoisotopic (exact) mass is 566 g/mol. The number of hydrogen-bond acceptors (Lipinski definition) is 5. The van der Waals surface area contributed by atoms with Crippen molar-refractivity contribution < 1.29 is 14.3 Å². The molecular formula is C35H38N2O3S. The fourth-order valence-electron chi connectivity index (χ4n) is 5.18. The van der Waals surface area contributed by atoms with E-state index >= 15 is 0 Å². The van der Waals surface area contributed by atoms with Gasteiger partial charge in [0.1, 0.15) is 18.3 Å². The molecule has 212 valence electrons. The molecular weight excluding hydrogens is 528 g/mol. The molecule has 5 aromatic rings. The van der Waals surface area contributed by atoms with E-state index in [1.165, 1.54) is 10.8 Å². The van der Waals surface area contributed by atoms with Crippen LogP contribution in [0.15, 0.2) is 83.9 Å². The maximum atomic E-state index is 13.6. The van der Waals surface area contributed by atoms with Crippen LogP contribution in [0.25, 0.3) is 21.7 Å². The van der Waals surface area contributed by atoms with Crippen molar-refractivity contribution in [3.63, 3.8) is 0 Å². The third-order valence-electron chi connectivity index (χ3n) is 7.09.